The van der Waals surface area contributed by atoms with Crippen LogP contribution >= 0.6 is 0 Å². The van der Waals surface area contributed by atoms with Crippen molar-refractivity contribution in [3.05, 3.63) is 28.8 Å². The molecule has 0 bridgehead atoms. The summed E-state index contributed by atoms with van der Waals surface area (Å²) in [7, 11) is 3.51. The van der Waals surface area contributed by atoms with Crippen molar-refractivity contribution >= 4 is 0 Å². The molecule has 0 amide bonds. The van der Waals surface area contributed by atoms with Crippen molar-refractivity contribution in [1.29, 1.82) is 0 Å². The summed E-state index contributed by atoms with van der Waals surface area (Å²) in [5, 5.41) is 0. The highest BCUT2D eigenvalue weighted by molar-refractivity contribution is 5.46. The van der Waals surface area contributed by atoms with Crippen LogP contribution in [0.25, 0.3) is 0 Å². The van der Waals surface area contributed by atoms with Gasteiger partial charge in [-0.2, -0.15) is 0 Å². The first-order valence-corrected chi connectivity index (χ1v) is 6.98. The molecule has 106 valence electrons. The monoisotopic (exact) mass is 263 g/mol. The quantitative estimate of drug-likeness (QED) is 0.886. The van der Waals surface area contributed by atoms with Crippen molar-refractivity contribution < 1.29 is 9.47 Å². The van der Waals surface area contributed by atoms with E-state index in [1.165, 1.54) is 17.5 Å². The first-order chi connectivity index (χ1) is 9.03. The van der Waals surface area contributed by atoms with Crippen LogP contribution in [0.2, 0.25) is 0 Å². The summed E-state index contributed by atoms with van der Waals surface area (Å²) in [4.78, 5) is 0. The van der Waals surface area contributed by atoms with Crippen molar-refractivity contribution in [2.24, 2.45) is 5.73 Å². The Labute approximate surface area is 116 Å². The third-order valence-electron chi connectivity index (χ3n) is 4.60. The van der Waals surface area contributed by atoms with E-state index in [4.69, 9.17) is 15.2 Å². The molecule has 1 aliphatic rings. The smallest absolute Gasteiger partial charge is 0.126 e. The Morgan fingerprint density at radius 2 is 1.95 bits per heavy atom. The van der Waals surface area contributed by atoms with E-state index >= 15 is 0 Å². The number of benzene rings is 1. The fraction of sp³-hybridized carbons (Fsp3) is 0.625. The molecule has 0 aliphatic heterocycles. The maximum Gasteiger partial charge on any atom is 0.126 e. The average Bonchev–Trinajstić information content (AvgIpc) is 2.36. The lowest BCUT2D eigenvalue weighted by Crippen LogP contribution is -2.41. The van der Waals surface area contributed by atoms with E-state index in [0.29, 0.717) is 0 Å². The SMILES string of the molecule is COc1c(C(N)CC2(OC)CCC2)ccc(C)c1C. The van der Waals surface area contributed by atoms with Gasteiger partial charge < -0.3 is 15.2 Å². The van der Waals surface area contributed by atoms with Gasteiger partial charge in [0.1, 0.15) is 5.75 Å². The second-order valence-electron chi connectivity index (χ2n) is 5.68. The Bertz CT molecular complexity index is 447. The Kier molecular flexibility index (Phi) is 4.16. The fourth-order valence-corrected chi connectivity index (χ4v) is 2.95. The average molecular weight is 263 g/mol. The molecule has 1 fully saturated rings. The second-order valence-corrected chi connectivity index (χ2v) is 5.68. The molecule has 3 heteroatoms. The van der Waals surface area contributed by atoms with Crippen LogP contribution < -0.4 is 10.5 Å². The summed E-state index contributed by atoms with van der Waals surface area (Å²) in [6, 6.07) is 4.18. The molecule has 2 N–H and O–H groups in total. The molecule has 1 aliphatic carbocycles. The third-order valence-corrected chi connectivity index (χ3v) is 4.60. The molecule has 0 heterocycles. The van der Waals surface area contributed by atoms with E-state index in [2.05, 4.69) is 26.0 Å². The number of hydrogen-bond donors (Lipinski definition) is 1. The molecule has 3 nitrogen and oxygen atoms in total. The first kappa shape index (κ1) is 14.4. The molecule has 0 radical (unpaired) electrons. The fourth-order valence-electron chi connectivity index (χ4n) is 2.95. The van der Waals surface area contributed by atoms with Gasteiger partial charge >= 0.3 is 0 Å². The molecule has 1 aromatic carbocycles. The number of aryl methyl sites for hydroxylation is 1. The third kappa shape index (κ3) is 2.63. The summed E-state index contributed by atoms with van der Waals surface area (Å²) in [6.45, 7) is 4.18. The van der Waals surface area contributed by atoms with E-state index in [1.807, 2.05) is 0 Å². The van der Waals surface area contributed by atoms with Crippen LogP contribution in [0.4, 0.5) is 0 Å². The zero-order chi connectivity index (χ0) is 14.0. The number of ether oxygens (including phenoxy) is 2. The number of methoxy groups -OCH3 is 2. The van der Waals surface area contributed by atoms with E-state index in [1.54, 1.807) is 14.2 Å². The lowest BCUT2D eigenvalue weighted by molar-refractivity contribution is -0.0817. The standard InChI is InChI=1S/C16H25NO2/c1-11-6-7-13(15(18-3)12(11)2)14(17)10-16(19-4)8-5-9-16/h6-7,14H,5,8-10,17H2,1-4H3. The molecule has 1 aromatic rings. The topological polar surface area (TPSA) is 44.5 Å². The zero-order valence-electron chi connectivity index (χ0n) is 12.5. The van der Waals surface area contributed by atoms with Crippen LogP contribution in [0.3, 0.4) is 0 Å². The summed E-state index contributed by atoms with van der Waals surface area (Å²) in [5.74, 6) is 0.929. The molecule has 1 atom stereocenters. The van der Waals surface area contributed by atoms with Gasteiger partial charge in [0.25, 0.3) is 0 Å². The van der Waals surface area contributed by atoms with E-state index < -0.39 is 0 Å². The first-order valence-electron chi connectivity index (χ1n) is 6.98. The van der Waals surface area contributed by atoms with Gasteiger partial charge in [-0.15, -0.1) is 0 Å². The van der Waals surface area contributed by atoms with Crippen molar-refractivity contribution in [2.45, 2.75) is 51.2 Å². The molecular formula is C16H25NO2. The molecule has 1 unspecified atom stereocenters. The maximum absolute atomic E-state index is 6.40. The lowest BCUT2D eigenvalue weighted by atomic mass is 9.74. The Morgan fingerprint density at radius 3 is 2.42 bits per heavy atom. The van der Waals surface area contributed by atoms with Crippen LogP contribution in [-0.4, -0.2) is 19.8 Å². The van der Waals surface area contributed by atoms with E-state index in [9.17, 15) is 0 Å². The van der Waals surface area contributed by atoms with Crippen molar-refractivity contribution in [2.75, 3.05) is 14.2 Å². The summed E-state index contributed by atoms with van der Waals surface area (Å²) in [6.07, 6.45) is 4.34. The van der Waals surface area contributed by atoms with Gasteiger partial charge in [0.05, 0.1) is 12.7 Å². The van der Waals surface area contributed by atoms with E-state index in [0.717, 1.165) is 30.6 Å². The summed E-state index contributed by atoms with van der Waals surface area (Å²) < 4.78 is 11.2. The van der Waals surface area contributed by atoms with E-state index in [-0.39, 0.29) is 11.6 Å². The van der Waals surface area contributed by atoms with Crippen molar-refractivity contribution in [1.82, 2.24) is 0 Å². The predicted molar refractivity (Wildman–Crippen MR) is 77.6 cm³/mol. The Hall–Kier alpha value is -1.06. The summed E-state index contributed by atoms with van der Waals surface area (Å²) in [5.41, 5.74) is 9.89. The van der Waals surface area contributed by atoms with Crippen LogP contribution in [0.5, 0.6) is 5.75 Å². The second kappa shape index (κ2) is 5.51. The highest BCUT2D eigenvalue weighted by atomic mass is 16.5. The zero-order valence-corrected chi connectivity index (χ0v) is 12.5. The molecule has 19 heavy (non-hydrogen) atoms. The lowest BCUT2D eigenvalue weighted by Gasteiger charge is -2.42. The van der Waals surface area contributed by atoms with Gasteiger partial charge in [0, 0.05) is 18.7 Å². The van der Waals surface area contributed by atoms with Crippen LogP contribution in [-0.2, 0) is 4.74 Å². The van der Waals surface area contributed by atoms with Crippen LogP contribution in [0.1, 0.15) is 48.4 Å². The molecule has 0 saturated heterocycles. The number of rotatable bonds is 5. The molecule has 0 spiro atoms. The Balaban J connectivity index is 2.23. The largest absolute Gasteiger partial charge is 0.496 e. The van der Waals surface area contributed by atoms with Gasteiger partial charge in [0.15, 0.2) is 0 Å². The molecule has 0 aromatic heterocycles. The molecule has 1 saturated carbocycles. The maximum atomic E-state index is 6.40. The van der Waals surface area contributed by atoms with Crippen LogP contribution in [0, 0.1) is 13.8 Å². The predicted octanol–water partition coefficient (Wildman–Crippen LogP) is 3.27. The highest BCUT2D eigenvalue weighted by Crippen LogP contribution is 2.43. The Morgan fingerprint density at radius 1 is 1.26 bits per heavy atom. The summed E-state index contributed by atoms with van der Waals surface area (Å²) >= 11 is 0. The minimum atomic E-state index is -0.0329. The van der Waals surface area contributed by atoms with Gasteiger partial charge in [-0.05, 0) is 50.7 Å². The number of hydrogen-bond acceptors (Lipinski definition) is 3. The van der Waals surface area contributed by atoms with Gasteiger partial charge in [-0.1, -0.05) is 12.1 Å². The van der Waals surface area contributed by atoms with Gasteiger partial charge in [-0.25, -0.2) is 0 Å². The normalized spacial score (nSPS) is 18.8. The molecule has 2 rings (SSSR count). The molecular weight excluding hydrogens is 238 g/mol. The van der Waals surface area contributed by atoms with Crippen molar-refractivity contribution in [3.8, 4) is 5.75 Å². The van der Waals surface area contributed by atoms with Crippen molar-refractivity contribution in [3.63, 3.8) is 0 Å². The van der Waals surface area contributed by atoms with Gasteiger partial charge in [-0.3, -0.25) is 0 Å². The van der Waals surface area contributed by atoms with Crippen LogP contribution in [0.15, 0.2) is 12.1 Å². The highest BCUT2D eigenvalue weighted by Gasteiger charge is 2.39. The number of nitrogens with two attached hydrogens (primary N) is 1. The van der Waals surface area contributed by atoms with Gasteiger partial charge in [0.2, 0.25) is 0 Å². The minimum absolute atomic E-state index is 0.0107. The minimum Gasteiger partial charge on any atom is -0.496 e.